The van der Waals surface area contributed by atoms with Gasteiger partial charge in [-0.3, -0.25) is 0 Å². The second kappa shape index (κ2) is 4.89. The van der Waals surface area contributed by atoms with Gasteiger partial charge in [-0.25, -0.2) is 4.39 Å². The molecule has 0 aliphatic rings. The highest BCUT2D eigenvalue weighted by Crippen LogP contribution is 2.27. The predicted molar refractivity (Wildman–Crippen MR) is 64.2 cm³/mol. The van der Waals surface area contributed by atoms with Gasteiger partial charge in [-0.05, 0) is 25.1 Å². The molecule has 1 N–H and O–H groups in total. The molecule has 17 heavy (non-hydrogen) atoms. The van der Waals surface area contributed by atoms with Crippen molar-refractivity contribution in [2.75, 3.05) is 11.9 Å². The highest BCUT2D eigenvalue weighted by atomic mass is 32.1. The van der Waals surface area contributed by atoms with Gasteiger partial charge in [-0.2, -0.15) is 14.0 Å². The molecule has 4 nitrogen and oxygen atoms in total. The SMILES string of the molecule is CCNc1nsnc1-c1cc(F)cc(C#N)c1. The summed E-state index contributed by atoms with van der Waals surface area (Å²) in [6, 6.07) is 6.05. The first-order valence-corrected chi connectivity index (χ1v) is 5.75. The topological polar surface area (TPSA) is 61.6 Å². The van der Waals surface area contributed by atoms with Crippen LogP contribution in [0, 0.1) is 17.1 Å². The number of benzene rings is 1. The fourth-order valence-electron chi connectivity index (χ4n) is 1.45. The maximum atomic E-state index is 13.3. The number of nitrogens with one attached hydrogen (secondary N) is 1. The summed E-state index contributed by atoms with van der Waals surface area (Å²) in [4.78, 5) is 0. The standard InChI is InChI=1S/C11H9FN4S/c1-2-14-11-10(15-17-16-11)8-3-7(6-13)4-9(12)5-8/h3-5H,2H2,1H3,(H,14,16). The van der Waals surface area contributed by atoms with Gasteiger partial charge < -0.3 is 5.32 Å². The quantitative estimate of drug-likeness (QED) is 0.907. The number of nitrogens with zero attached hydrogens (tertiary/aromatic N) is 3. The van der Waals surface area contributed by atoms with Gasteiger partial charge in [0.25, 0.3) is 0 Å². The van der Waals surface area contributed by atoms with E-state index in [0.717, 1.165) is 11.7 Å². The van der Waals surface area contributed by atoms with Crippen molar-refractivity contribution in [1.29, 1.82) is 5.26 Å². The van der Waals surface area contributed by atoms with Crippen molar-refractivity contribution in [2.45, 2.75) is 6.92 Å². The largest absolute Gasteiger partial charge is 0.368 e. The normalized spacial score (nSPS) is 9.94. The lowest BCUT2D eigenvalue weighted by atomic mass is 10.1. The van der Waals surface area contributed by atoms with Crippen LogP contribution in [0.5, 0.6) is 0 Å². The van der Waals surface area contributed by atoms with E-state index in [9.17, 15) is 4.39 Å². The minimum Gasteiger partial charge on any atom is -0.368 e. The smallest absolute Gasteiger partial charge is 0.168 e. The molecule has 0 saturated heterocycles. The van der Waals surface area contributed by atoms with E-state index in [1.165, 1.54) is 12.1 Å². The Morgan fingerprint density at radius 1 is 1.41 bits per heavy atom. The molecule has 86 valence electrons. The third kappa shape index (κ3) is 2.40. The van der Waals surface area contributed by atoms with Crippen LogP contribution in [0.4, 0.5) is 10.2 Å². The van der Waals surface area contributed by atoms with Crippen LogP contribution in [-0.2, 0) is 0 Å². The van der Waals surface area contributed by atoms with E-state index in [4.69, 9.17) is 5.26 Å². The molecule has 0 unspecified atom stereocenters. The monoisotopic (exact) mass is 248 g/mol. The van der Waals surface area contributed by atoms with Crippen LogP contribution in [0.3, 0.4) is 0 Å². The van der Waals surface area contributed by atoms with Crippen LogP contribution < -0.4 is 5.32 Å². The number of hydrogen-bond donors (Lipinski definition) is 1. The molecule has 0 aliphatic heterocycles. The zero-order valence-corrected chi connectivity index (χ0v) is 9.88. The minimum absolute atomic E-state index is 0.274. The summed E-state index contributed by atoms with van der Waals surface area (Å²) in [5.74, 6) is 0.168. The third-order valence-electron chi connectivity index (χ3n) is 2.13. The molecule has 6 heteroatoms. The van der Waals surface area contributed by atoms with E-state index in [0.29, 0.717) is 23.6 Å². The van der Waals surface area contributed by atoms with E-state index < -0.39 is 5.82 Å². The zero-order valence-electron chi connectivity index (χ0n) is 9.07. The zero-order chi connectivity index (χ0) is 12.3. The highest BCUT2D eigenvalue weighted by Gasteiger charge is 2.11. The molecule has 1 aromatic heterocycles. The lowest BCUT2D eigenvalue weighted by Gasteiger charge is -2.03. The molecule has 0 radical (unpaired) electrons. The number of halogens is 1. The van der Waals surface area contributed by atoms with Crippen molar-refractivity contribution in [2.24, 2.45) is 0 Å². The average molecular weight is 248 g/mol. The van der Waals surface area contributed by atoms with Gasteiger partial charge in [-0.15, -0.1) is 0 Å². The Labute approximate surface area is 102 Å². The van der Waals surface area contributed by atoms with Crippen LogP contribution in [0.15, 0.2) is 18.2 Å². The third-order valence-corrected chi connectivity index (χ3v) is 2.66. The molecule has 0 aliphatic carbocycles. The van der Waals surface area contributed by atoms with E-state index in [1.54, 1.807) is 6.07 Å². The number of anilines is 1. The first-order chi connectivity index (χ1) is 8.24. The maximum Gasteiger partial charge on any atom is 0.168 e. The van der Waals surface area contributed by atoms with Crippen LogP contribution in [-0.4, -0.2) is 15.3 Å². The van der Waals surface area contributed by atoms with E-state index in [2.05, 4.69) is 14.1 Å². The second-order valence-electron chi connectivity index (χ2n) is 3.33. The lowest BCUT2D eigenvalue weighted by molar-refractivity contribution is 0.628. The van der Waals surface area contributed by atoms with Crippen molar-refractivity contribution in [3.8, 4) is 17.3 Å². The van der Waals surface area contributed by atoms with Crippen molar-refractivity contribution in [3.05, 3.63) is 29.6 Å². The van der Waals surface area contributed by atoms with E-state index in [-0.39, 0.29) is 5.56 Å². The highest BCUT2D eigenvalue weighted by molar-refractivity contribution is 6.99. The number of nitriles is 1. The van der Waals surface area contributed by atoms with E-state index >= 15 is 0 Å². The van der Waals surface area contributed by atoms with Crippen LogP contribution in [0.25, 0.3) is 11.3 Å². The fourth-order valence-corrected chi connectivity index (χ4v) is 2.00. The first kappa shape index (κ1) is 11.5. The van der Waals surface area contributed by atoms with Gasteiger partial charge in [0.1, 0.15) is 11.5 Å². The van der Waals surface area contributed by atoms with Crippen LogP contribution >= 0.6 is 11.7 Å². The van der Waals surface area contributed by atoms with Gasteiger partial charge in [0.05, 0.1) is 23.4 Å². The van der Waals surface area contributed by atoms with Crippen molar-refractivity contribution in [1.82, 2.24) is 8.75 Å². The Bertz CT molecular complexity index is 573. The fraction of sp³-hybridized carbons (Fsp3) is 0.182. The van der Waals surface area contributed by atoms with Crippen molar-refractivity contribution < 1.29 is 4.39 Å². The lowest BCUT2D eigenvalue weighted by Crippen LogP contribution is -1.98. The molecule has 0 bridgehead atoms. The summed E-state index contributed by atoms with van der Waals surface area (Å²) in [7, 11) is 0. The summed E-state index contributed by atoms with van der Waals surface area (Å²) in [6.45, 7) is 2.65. The molecular formula is C11H9FN4S. The van der Waals surface area contributed by atoms with Crippen LogP contribution in [0.1, 0.15) is 12.5 Å². The van der Waals surface area contributed by atoms with E-state index in [1.807, 2.05) is 13.0 Å². The van der Waals surface area contributed by atoms with Gasteiger partial charge >= 0.3 is 0 Å². The Morgan fingerprint density at radius 3 is 2.94 bits per heavy atom. The number of hydrogen-bond acceptors (Lipinski definition) is 5. The average Bonchev–Trinajstić information content (AvgIpc) is 2.77. The molecule has 2 rings (SSSR count). The summed E-state index contributed by atoms with van der Waals surface area (Å²) < 4.78 is 21.5. The molecule has 1 heterocycles. The summed E-state index contributed by atoms with van der Waals surface area (Å²) >= 11 is 1.05. The maximum absolute atomic E-state index is 13.3. The number of aromatic nitrogens is 2. The predicted octanol–water partition coefficient (Wildman–Crippen LogP) is 2.65. The molecule has 0 saturated carbocycles. The molecule has 0 amide bonds. The van der Waals surface area contributed by atoms with Crippen molar-refractivity contribution in [3.63, 3.8) is 0 Å². The molecule has 1 aromatic carbocycles. The molecule has 2 aromatic rings. The van der Waals surface area contributed by atoms with Gasteiger partial charge in [0.2, 0.25) is 0 Å². The summed E-state index contributed by atoms with van der Waals surface area (Å²) in [5.41, 5.74) is 1.41. The van der Waals surface area contributed by atoms with Gasteiger partial charge in [0.15, 0.2) is 5.82 Å². The molecule has 0 atom stereocenters. The van der Waals surface area contributed by atoms with Gasteiger partial charge in [-0.1, -0.05) is 0 Å². The number of rotatable bonds is 3. The Balaban J connectivity index is 2.49. The molecule has 0 fully saturated rings. The van der Waals surface area contributed by atoms with Gasteiger partial charge in [0, 0.05) is 12.1 Å². The Morgan fingerprint density at radius 2 is 2.24 bits per heavy atom. The van der Waals surface area contributed by atoms with Crippen molar-refractivity contribution >= 4 is 17.5 Å². The Kier molecular flexibility index (Phi) is 3.30. The first-order valence-electron chi connectivity index (χ1n) is 5.02. The van der Waals surface area contributed by atoms with Crippen LogP contribution in [0.2, 0.25) is 0 Å². The second-order valence-corrected chi connectivity index (χ2v) is 3.86. The molecular weight excluding hydrogens is 239 g/mol. The minimum atomic E-state index is -0.450. The summed E-state index contributed by atoms with van der Waals surface area (Å²) in [5, 5.41) is 11.8. The molecule has 0 spiro atoms. The summed E-state index contributed by atoms with van der Waals surface area (Å²) in [6.07, 6.45) is 0. The Hall–Kier alpha value is -2.00.